The second-order valence-electron chi connectivity index (χ2n) is 4.20. The molecule has 1 heterocycles. The molecule has 2 N–H and O–H groups in total. The largest absolute Gasteiger partial charge is 0.506 e. The van der Waals surface area contributed by atoms with Gasteiger partial charge in [-0.3, -0.25) is 4.98 Å². The average molecular weight is 238 g/mol. The Morgan fingerprint density at radius 2 is 2.38 bits per heavy atom. The predicted molar refractivity (Wildman–Crippen MR) is 67.7 cm³/mol. The average Bonchev–Trinajstić information content (AvgIpc) is 2.76. The summed E-state index contributed by atoms with van der Waals surface area (Å²) < 4.78 is 0. The Bertz CT molecular complexity index is 328. The molecule has 1 fully saturated rings. The van der Waals surface area contributed by atoms with Crippen LogP contribution < -0.4 is 5.32 Å². The lowest BCUT2D eigenvalue weighted by Gasteiger charge is -2.18. The zero-order valence-electron chi connectivity index (χ0n) is 9.52. The number of pyridine rings is 1. The van der Waals surface area contributed by atoms with Crippen molar-refractivity contribution in [2.24, 2.45) is 0 Å². The smallest absolute Gasteiger partial charge is 0.133 e. The quantitative estimate of drug-likeness (QED) is 0.844. The van der Waals surface area contributed by atoms with E-state index in [1.807, 2.05) is 17.8 Å². The summed E-state index contributed by atoms with van der Waals surface area (Å²) in [6.07, 6.45) is 7.60. The number of nitrogens with one attached hydrogen (secondary N) is 1. The Labute approximate surface area is 101 Å². The van der Waals surface area contributed by atoms with Crippen LogP contribution in [0.2, 0.25) is 0 Å². The standard InChI is InChI=1S/C12H18N2OS/c1-16-12-4-2-3-11(12)14-7-9-5-6-10(15)8-13-9/h5-6,8,11-12,14-15H,2-4,7H2,1H3. The number of thioether (sulfide) groups is 1. The van der Waals surface area contributed by atoms with Crippen LogP contribution >= 0.6 is 11.8 Å². The fraction of sp³-hybridized carbons (Fsp3) is 0.583. The highest BCUT2D eigenvalue weighted by molar-refractivity contribution is 7.99. The van der Waals surface area contributed by atoms with Gasteiger partial charge in [-0.1, -0.05) is 6.42 Å². The molecule has 88 valence electrons. The van der Waals surface area contributed by atoms with Gasteiger partial charge in [0.1, 0.15) is 5.75 Å². The highest BCUT2D eigenvalue weighted by atomic mass is 32.2. The minimum Gasteiger partial charge on any atom is -0.506 e. The zero-order valence-corrected chi connectivity index (χ0v) is 10.3. The van der Waals surface area contributed by atoms with Crippen LogP contribution in [-0.2, 0) is 6.54 Å². The van der Waals surface area contributed by atoms with Crippen LogP contribution in [0, 0.1) is 0 Å². The number of aromatic hydroxyl groups is 1. The molecule has 2 rings (SSSR count). The Morgan fingerprint density at radius 3 is 3.06 bits per heavy atom. The zero-order chi connectivity index (χ0) is 11.4. The molecule has 1 saturated carbocycles. The van der Waals surface area contributed by atoms with Crippen molar-refractivity contribution < 1.29 is 5.11 Å². The van der Waals surface area contributed by atoms with Crippen LogP contribution in [0.5, 0.6) is 5.75 Å². The van der Waals surface area contributed by atoms with E-state index in [0.717, 1.165) is 17.5 Å². The van der Waals surface area contributed by atoms with E-state index in [4.69, 9.17) is 5.11 Å². The van der Waals surface area contributed by atoms with Crippen molar-refractivity contribution in [3.05, 3.63) is 24.0 Å². The second kappa shape index (κ2) is 5.55. The number of hydrogen-bond acceptors (Lipinski definition) is 4. The lowest BCUT2D eigenvalue weighted by molar-refractivity contribution is 0.470. The third-order valence-electron chi connectivity index (χ3n) is 3.11. The van der Waals surface area contributed by atoms with Crippen molar-refractivity contribution in [3.63, 3.8) is 0 Å². The molecule has 3 nitrogen and oxygen atoms in total. The highest BCUT2D eigenvalue weighted by Gasteiger charge is 2.25. The first-order chi connectivity index (χ1) is 7.79. The third kappa shape index (κ3) is 2.89. The molecule has 0 bridgehead atoms. The summed E-state index contributed by atoms with van der Waals surface area (Å²) in [5.74, 6) is 0.228. The fourth-order valence-electron chi connectivity index (χ4n) is 2.20. The van der Waals surface area contributed by atoms with Gasteiger partial charge in [0.15, 0.2) is 0 Å². The molecular weight excluding hydrogens is 220 g/mol. The monoisotopic (exact) mass is 238 g/mol. The van der Waals surface area contributed by atoms with Gasteiger partial charge in [-0.25, -0.2) is 0 Å². The molecule has 1 aliphatic rings. The summed E-state index contributed by atoms with van der Waals surface area (Å²) in [5, 5.41) is 13.4. The van der Waals surface area contributed by atoms with Gasteiger partial charge >= 0.3 is 0 Å². The molecule has 4 heteroatoms. The first-order valence-electron chi connectivity index (χ1n) is 5.69. The van der Waals surface area contributed by atoms with Gasteiger partial charge in [0.25, 0.3) is 0 Å². The summed E-state index contributed by atoms with van der Waals surface area (Å²) >= 11 is 1.96. The van der Waals surface area contributed by atoms with Crippen molar-refractivity contribution in [1.29, 1.82) is 0 Å². The van der Waals surface area contributed by atoms with E-state index in [-0.39, 0.29) is 5.75 Å². The van der Waals surface area contributed by atoms with Crippen molar-refractivity contribution in [2.45, 2.75) is 37.1 Å². The Balaban J connectivity index is 1.85. The van der Waals surface area contributed by atoms with Crippen LogP contribution in [0.4, 0.5) is 0 Å². The van der Waals surface area contributed by atoms with E-state index < -0.39 is 0 Å². The van der Waals surface area contributed by atoms with E-state index in [1.165, 1.54) is 25.5 Å². The molecule has 2 atom stereocenters. The van der Waals surface area contributed by atoms with Crippen LogP contribution in [0.1, 0.15) is 25.0 Å². The molecule has 0 saturated heterocycles. The maximum atomic E-state index is 9.13. The van der Waals surface area contributed by atoms with Gasteiger partial charge in [0.05, 0.1) is 11.9 Å². The van der Waals surface area contributed by atoms with Crippen LogP contribution in [-0.4, -0.2) is 27.6 Å². The molecule has 1 aromatic rings. The molecule has 1 aliphatic carbocycles. The Morgan fingerprint density at radius 1 is 1.50 bits per heavy atom. The molecule has 16 heavy (non-hydrogen) atoms. The van der Waals surface area contributed by atoms with Gasteiger partial charge in [0, 0.05) is 17.8 Å². The van der Waals surface area contributed by atoms with Gasteiger partial charge in [-0.15, -0.1) is 0 Å². The summed E-state index contributed by atoms with van der Waals surface area (Å²) in [6, 6.07) is 4.17. The lowest BCUT2D eigenvalue weighted by atomic mass is 10.2. The van der Waals surface area contributed by atoms with E-state index in [1.54, 1.807) is 6.07 Å². The molecule has 0 aromatic carbocycles. The normalized spacial score (nSPS) is 24.8. The predicted octanol–water partition coefficient (Wildman–Crippen LogP) is 2.16. The first kappa shape index (κ1) is 11.7. The summed E-state index contributed by atoms with van der Waals surface area (Å²) in [5.41, 5.74) is 0.990. The maximum absolute atomic E-state index is 9.13. The van der Waals surface area contributed by atoms with E-state index in [0.29, 0.717) is 6.04 Å². The molecule has 1 aromatic heterocycles. The molecule has 0 spiro atoms. The third-order valence-corrected chi connectivity index (χ3v) is 4.28. The molecule has 2 unspecified atom stereocenters. The van der Waals surface area contributed by atoms with E-state index in [2.05, 4.69) is 16.6 Å². The number of aromatic nitrogens is 1. The van der Waals surface area contributed by atoms with E-state index >= 15 is 0 Å². The topological polar surface area (TPSA) is 45.1 Å². The SMILES string of the molecule is CSC1CCCC1NCc1ccc(O)cn1. The highest BCUT2D eigenvalue weighted by Crippen LogP contribution is 2.28. The van der Waals surface area contributed by atoms with Crippen molar-refractivity contribution in [3.8, 4) is 5.75 Å². The fourth-order valence-corrected chi connectivity index (χ4v) is 3.16. The molecule has 0 radical (unpaired) electrons. The van der Waals surface area contributed by atoms with Crippen molar-refractivity contribution in [2.75, 3.05) is 6.26 Å². The van der Waals surface area contributed by atoms with Gasteiger partial charge < -0.3 is 10.4 Å². The molecule has 0 aliphatic heterocycles. The first-order valence-corrected chi connectivity index (χ1v) is 6.98. The van der Waals surface area contributed by atoms with Crippen LogP contribution in [0.3, 0.4) is 0 Å². The summed E-state index contributed by atoms with van der Waals surface area (Å²) in [7, 11) is 0. The van der Waals surface area contributed by atoms with Crippen molar-refractivity contribution in [1.82, 2.24) is 10.3 Å². The number of hydrogen-bond donors (Lipinski definition) is 2. The van der Waals surface area contributed by atoms with Gasteiger partial charge in [-0.05, 0) is 31.2 Å². The second-order valence-corrected chi connectivity index (χ2v) is 5.28. The summed E-state index contributed by atoms with van der Waals surface area (Å²) in [6.45, 7) is 0.794. The minimum atomic E-state index is 0.228. The van der Waals surface area contributed by atoms with Gasteiger partial charge in [-0.2, -0.15) is 11.8 Å². The van der Waals surface area contributed by atoms with E-state index in [9.17, 15) is 0 Å². The number of nitrogens with zero attached hydrogens (tertiary/aromatic N) is 1. The van der Waals surface area contributed by atoms with Gasteiger partial charge in [0.2, 0.25) is 0 Å². The number of rotatable bonds is 4. The summed E-state index contributed by atoms with van der Waals surface area (Å²) in [4.78, 5) is 4.17. The lowest BCUT2D eigenvalue weighted by Crippen LogP contribution is -2.33. The van der Waals surface area contributed by atoms with Crippen molar-refractivity contribution >= 4 is 11.8 Å². The Kier molecular flexibility index (Phi) is 4.07. The maximum Gasteiger partial charge on any atom is 0.133 e. The molecular formula is C12H18N2OS. The molecule has 0 amide bonds. The minimum absolute atomic E-state index is 0.228. The van der Waals surface area contributed by atoms with Crippen LogP contribution in [0.15, 0.2) is 18.3 Å². The Hall–Kier alpha value is -0.740. The van der Waals surface area contributed by atoms with Crippen LogP contribution in [0.25, 0.3) is 0 Å².